The van der Waals surface area contributed by atoms with Gasteiger partial charge in [-0.3, -0.25) is 0 Å². The van der Waals surface area contributed by atoms with Crippen molar-refractivity contribution in [3.8, 4) is 11.5 Å². The van der Waals surface area contributed by atoms with Crippen molar-refractivity contribution in [2.24, 2.45) is 0 Å². The highest BCUT2D eigenvalue weighted by Gasteiger charge is 2.20. The van der Waals surface area contributed by atoms with Gasteiger partial charge in [0.1, 0.15) is 6.61 Å². The summed E-state index contributed by atoms with van der Waals surface area (Å²) in [6.45, 7) is 4.78. The van der Waals surface area contributed by atoms with Crippen molar-refractivity contribution in [2.45, 2.75) is 6.10 Å². The molecule has 1 atom stereocenters. The fourth-order valence-electron chi connectivity index (χ4n) is 1.53. The molecule has 15 heavy (non-hydrogen) atoms. The van der Waals surface area contributed by atoms with E-state index in [1.54, 1.807) is 13.2 Å². The van der Waals surface area contributed by atoms with Crippen molar-refractivity contribution in [2.75, 3.05) is 20.3 Å². The topological polar surface area (TPSA) is 27.7 Å². The Morgan fingerprint density at radius 3 is 3.13 bits per heavy atom. The Hall–Kier alpha value is -1.48. The van der Waals surface area contributed by atoms with Gasteiger partial charge >= 0.3 is 0 Å². The first kappa shape index (κ1) is 10.1. The lowest BCUT2D eigenvalue weighted by molar-refractivity contribution is 0.0272. The molecule has 0 amide bonds. The molecule has 0 fully saturated rings. The van der Waals surface area contributed by atoms with E-state index >= 15 is 0 Å². The van der Waals surface area contributed by atoms with Gasteiger partial charge in [0.05, 0.1) is 6.61 Å². The van der Waals surface area contributed by atoms with Gasteiger partial charge in [-0.25, -0.2) is 0 Å². The summed E-state index contributed by atoms with van der Waals surface area (Å²) in [7, 11) is 1.65. The molecule has 0 saturated carbocycles. The molecule has 2 rings (SSSR count). The third-order valence-corrected chi connectivity index (χ3v) is 2.27. The SMILES string of the molecule is C=Cc1ccc2c(c1)OCC(COC)O2. The van der Waals surface area contributed by atoms with E-state index in [-0.39, 0.29) is 6.10 Å². The first-order valence-electron chi connectivity index (χ1n) is 4.88. The molecule has 1 unspecified atom stereocenters. The minimum Gasteiger partial charge on any atom is -0.486 e. The second-order valence-electron chi connectivity index (χ2n) is 3.42. The third-order valence-electron chi connectivity index (χ3n) is 2.27. The molecule has 1 heterocycles. The highest BCUT2D eigenvalue weighted by atomic mass is 16.6. The maximum absolute atomic E-state index is 5.69. The fourth-order valence-corrected chi connectivity index (χ4v) is 1.53. The van der Waals surface area contributed by atoms with Crippen molar-refractivity contribution in [3.63, 3.8) is 0 Å². The molecule has 0 aliphatic carbocycles. The highest BCUT2D eigenvalue weighted by Crippen LogP contribution is 2.32. The van der Waals surface area contributed by atoms with Crippen LogP contribution in [0.4, 0.5) is 0 Å². The molecule has 0 saturated heterocycles. The van der Waals surface area contributed by atoms with Crippen LogP contribution in [0.15, 0.2) is 24.8 Å². The number of rotatable bonds is 3. The molecule has 0 bridgehead atoms. The monoisotopic (exact) mass is 206 g/mol. The van der Waals surface area contributed by atoms with Crippen molar-refractivity contribution in [1.82, 2.24) is 0 Å². The van der Waals surface area contributed by atoms with Gasteiger partial charge in [0.25, 0.3) is 0 Å². The van der Waals surface area contributed by atoms with Crippen LogP contribution < -0.4 is 9.47 Å². The van der Waals surface area contributed by atoms with Gasteiger partial charge in [-0.1, -0.05) is 18.7 Å². The minimum atomic E-state index is -0.0166. The smallest absolute Gasteiger partial charge is 0.161 e. The van der Waals surface area contributed by atoms with Gasteiger partial charge in [0, 0.05) is 7.11 Å². The zero-order valence-electron chi connectivity index (χ0n) is 8.73. The van der Waals surface area contributed by atoms with E-state index in [1.165, 1.54) is 0 Å². The van der Waals surface area contributed by atoms with Crippen LogP contribution in [-0.4, -0.2) is 26.4 Å². The first-order chi connectivity index (χ1) is 7.33. The Morgan fingerprint density at radius 1 is 1.53 bits per heavy atom. The Bertz CT molecular complexity index is 360. The van der Waals surface area contributed by atoms with Crippen molar-refractivity contribution < 1.29 is 14.2 Å². The summed E-state index contributed by atoms with van der Waals surface area (Å²) in [6, 6.07) is 5.77. The molecule has 1 aromatic carbocycles. The van der Waals surface area contributed by atoms with E-state index < -0.39 is 0 Å². The van der Waals surface area contributed by atoms with Crippen molar-refractivity contribution >= 4 is 6.08 Å². The zero-order chi connectivity index (χ0) is 10.7. The number of hydrogen-bond donors (Lipinski definition) is 0. The number of benzene rings is 1. The van der Waals surface area contributed by atoms with E-state index in [2.05, 4.69) is 6.58 Å². The van der Waals surface area contributed by atoms with Crippen LogP contribution >= 0.6 is 0 Å². The molecular formula is C12H14O3. The number of ether oxygens (including phenoxy) is 3. The summed E-state index contributed by atoms with van der Waals surface area (Å²) in [6.07, 6.45) is 1.77. The Morgan fingerprint density at radius 2 is 2.40 bits per heavy atom. The zero-order valence-corrected chi connectivity index (χ0v) is 8.73. The summed E-state index contributed by atoms with van der Waals surface area (Å²) < 4.78 is 16.3. The van der Waals surface area contributed by atoms with Crippen LogP contribution in [0.2, 0.25) is 0 Å². The predicted molar refractivity (Wildman–Crippen MR) is 58.3 cm³/mol. The number of fused-ring (bicyclic) bond motifs is 1. The molecule has 1 aliphatic rings. The molecule has 3 nitrogen and oxygen atoms in total. The van der Waals surface area contributed by atoms with Gasteiger partial charge in [-0.05, 0) is 17.7 Å². The Kier molecular flexibility index (Phi) is 2.92. The van der Waals surface area contributed by atoms with Crippen molar-refractivity contribution in [3.05, 3.63) is 30.3 Å². The molecule has 3 heteroatoms. The lowest BCUT2D eigenvalue weighted by Crippen LogP contribution is -2.32. The van der Waals surface area contributed by atoms with Crippen LogP contribution in [0.3, 0.4) is 0 Å². The summed E-state index contributed by atoms with van der Waals surface area (Å²) >= 11 is 0. The van der Waals surface area contributed by atoms with E-state index in [0.717, 1.165) is 17.1 Å². The average Bonchev–Trinajstić information content (AvgIpc) is 2.29. The van der Waals surface area contributed by atoms with Gasteiger partial charge < -0.3 is 14.2 Å². The van der Waals surface area contributed by atoms with Crippen LogP contribution in [0.5, 0.6) is 11.5 Å². The maximum Gasteiger partial charge on any atom is 0.161 e. The number of methoxy groups -OCH3 is 1. The first-order valence-corrected chi connectivity index (χ1v) is 4.88. The van der Waals surface area contributed by atoms with Gasteiger partial charge in [0.2, 0.25) is 0 Å². The predicted octanol–water partition coefficient (Wildman–Crippen LogP) is 2.12. The fraction of sp³-hybridized carbons (Fsp3) is 0.333. The van der Waals surface area contributed by atoms with E-state index in [4.69, 9.17) is 14.2 Å². The molecule has 0 aromatic heterocycles. The molecule has 1 aromatic rings. The molecule has 1 aliphatic heterocycles. The molecule has 0 N–H and O–H groups in total. The van der Waals surface area contributed by atoms with Crippen LogP contribution in [0, 0.1) is 0 Å². The van der Waals surface area contributed by atoms with E-state index in [1.807, 2.05) is 18.2 Å². The van der Waals surface area contributed by atoms with E-state index in [0.29, 0.717) is 13.2 Å². The normalized spacial score (nSPS) is 18.6. The van der Waals surface area contributed by atoms with Gasteiger partial charge in [-0.15, -0.1) is 0 Å². The summed E-state index contributed by atoms with van der Waals surface area (Å²) in [5, 5.41) is 0. The van der Waals surface area contributed by atoms with Crippen LogP contribution in [0.1, 0.15) is 5.56 Å². The Balaban J connectivity index is 2.17. The summed E-state index contributed by atoms with van der Waals surface area (Å²) in [5.41, 5.74) is 1.03. The molecule has 0 radical (unpaired) electrons. The average molecular weight is 206 g/mol. The third kappa shape index (κ3) is 2.13. The summed E-state index contributed by atoms with van der Waals surface area (Å²) in [4.78, 5) is 0. The quantitative estimate of drug-likeness (QED) is 0.758. The summed E-state index contributed by atoms with van der Waals surface area (Å²) in [5.74, 6) is 1.55. The maximum atomic E-state index is 5.69. The lowest BCUT2D eigenvalue weighted by atomic mass is 10.2. The van der Waals surface area contributed by atoms with Gasteiger partial charge in [-0.2, -0.15) is 0 Å². The largest absolute Gasteiger partial charge is 0.486 e. The van der Waals surface area contributed by atoms with E-state index in [9.17, 15) is 0 Å². The van der Waals surface area contributed by atoms with Crippen LogP contribution in [-0.2, 0) is 4.74 Å². The molecule has 0 spiro atoms. The second kappa shape index (κ2) is 4.36. The highest BCUT2D eigenvalue weighted by molar-refractivity contribution is 5.54. The second-order valence-corrected chi connectivity index (χ2v) is 3.42. The number of hydrogen-bond acceptors (Lipinski definition) is 3. The molecular weight excluding hydrogens is 192 g/mol. The lowest BCUT2D eigenvalue weighted by Gasteiger charge is -2.26. The van der Waals surface area contributed by atoms with Crippen LogP contribution in [0.25, 0.3) is 6.08 Å². The minimum absolute atomic E-state index is 0.0166. The standard InChI is InChI=1S/C12H14O3/c1-3-9-4-5-11-12(6-9)14-8-10(15-11)7-13-2/h3-6,10H,1,7-8H2,2H3. The Labute approximate surface area is 89.3 Å². The van der Waals surface area contributed by atoms with Crippen molar-refractivity contribution in [1.29, 1.82) is 0 Å². The van der Waals surface area contributed by atoms with Gasteiger partial charge in [0.15, 0.2) is 17.6 Å². The molecule has 80 valence electrons.